The summed E-state index contributed by atoms with van der Waals surface area (Å²) in [5, 5.41) is 3.28. The van der Waals surface area contributed by atoms with Crippen molar-refractivity contribution in [2.75, 3.05) is 13.1 Å². The molecule has 0 aliphatic rings. The maximum absolute atomic E-state index is 5.81. The lowest BCUT2D eigenvalue weighted by Gasteiger charge is -2.15. The van der Waals surface area contributed by atoms with E-state index in [4.69, 9.17) is 4.74 Å². The highest BCUT2D eigenvalue weighted by Crippen LogP contribution is 2.15. The zero-order valence-corrected chi connectivity index (χ0v) is 11.3. The van der Waals surface area contributed by atoms with Gasteiger partial charge < -0.3 is 10.1 Å². The van der Waals surface area contributed by atoms with Gasteiger partial charge in [-0.25, -0.2) is 0 Å². The van der Waals surface area contributed by atoms with E-state index < -0.39 is 0 Å². The molecule has 1 N–H and O–H groups in total. The standard InChI is InChI=1S/C15H25NO/c1-4-6-7-14-8-10-15(11-9-14)17-13(3)12-16-5-2/h8-11,13,16H,4-7,12H2,1-3H3. The SMILES string of the molecule is CCCCc1ccc(OC(C)CNCC)cc1. The summed E-state index contributed by atoms with van der Waals surface area (Å²) >= 11 is 0. The number of nitrogens with one attached hydrogen (secondary N) is 1. The van der Waals surface area contributed by atoms with E-state index in [-0.39, 0.29) is 6.10 Å². The minimum atomic E-state index is 0.219. The lowest BCUT2D eigenvalue weighted by Crippen LogP contribution is -2.28. The molecule has 1 rings (SSSR count). The third-order valence-corrected chi connectivity index (χ3v) is 2.76. The van der Waals surface area contributed by atoms with Crippen LogP contribution in [0.5, 0.6) is 5.75 Å². The molecule has 0 radical (unpaired) electrons. The number of aryl methyl sites for hydroxylation is 1. The van der Waals surface area contributed by atoms with Crippen LogP contribution in [0.4, 0.5) is 0 Å². The zero-order chi connectivity index (χ0) is 12.5. The second-order valence-corrected chi connectivity index (χ2v) is 4.48. The minimum absolute atomic E-state index is 0.219. The van der Waals surface area contributed by atoms with Crippen molar-refractivity contribution < 1.29 is 4.74 Å². The molecule has 0 aromatic heterocycles. The predicted molar refractivity (Wildman–Crippen MR) is 73.7 cm³/mol. The van der Waals surface area contributed by atoms with Crippen molar-refractivity contribution in [2.45, 2.75) is 46.1 Å². The van der Waals surface area contributed by atoms with E-state index in [9.17, 15) is 0 Å². The molecule has 1 atom stereocenters. The average molecular weight is 235 g/mol. The fourth-order valence-electron chi connectivity index (χ4n) is 1.74. The summed E-state index contributed by atoms with van der Waals surface area (Å²) in [5.41, 5.74) is 1.40. The third kappa shape index (κ3) is 5.73. The first-order valence-electron chi connectivity index (χ1n) is 6.72. The van der Waals surface area contributed by atoms with Crippen molar-refractivity contribution in [3.05, 3.63) is 29.8 Å². The molecule has 1 aromatic carbocycles. The normalized spacial score (nSPS) is 12.4. The van der Waals surface area contributed by atoms with Crippen molar-refractivity contribution in [2.24, 2.45) is 0 Å². The van der Waals surface area contributed by atoms with E-state index in [0.29, 0.717) is 0 Å². The average Bonchev–Trinajstić information content (AvgIpc) is 2.35. The summed E-state index contributed by atoms with van der Waals surface area (Å²) in [4.78, 5) is 0. The number of benzene rings is 1. The lowest BCUT2D eigenvalue weighted by molar-refractivity contribution is 0.218. The molecule has 0 saturated heterocycles. The summed E-state index contributed by atoms with van der Waals surface area (Å²) in [7, 11) is 0. The van der Waals surface area contributed by atoms with Crippen LogP contribution in [-0.2, 0) is 6.42 Å². The van der Waals surface area contributed by atoms with Crippen LogP contribution in [0.1, 0.15) is 39.2 Å². The monoisotopic (exact) mass is 235 g/mol. The van der Waals surface area contributed by atoms with E-state index in [1.54, 1.807) is 0 Å². The summed E-state index contributed by atoms with van der Waals surface area (Å²) in [6.45, 7) is 8.31. The molecule has 0 amide bonds. The predicted octanol–water partition coefficient (Wildman–Crippen LogP) is 3.41. The maximum Gasteiger partial charge on any atom is 0.119 e. The molecular weight excluding hydrogens is 210 g/mol. The zero-order valence-electron chi connectivity index (χ0n) is 11.3. The molecule has 17 heavy (non-hydrogen) atoms. The Kier molecular flexibility index (Phi) is 6.71. The highest BCUT2D eigenvalue weighted by Gasteiger charge is 2.02. The van der Waals surface area contributed by atoms with Crippen LogP contribution in [0.15, 0.2) is 24.3 Å². The van der Waals surface area contributed by atoms with Gasteiger partial charge in [-0.15, -0.1) is 0 Å². The highest BCUT2D eigenvalue weighted by molar-refractivity contribution is 5.27. The van der Waals surface area contributed by atoms with Crippen molar-refractivity contribution in [3.63, 3.8) is 0 Å². The molecule has 0 aliphatic heterocycles. The Hall–Kier alpha value is -1.02. The van der Waals surface area contributed by atoms with Crippen molar-refractivity contribution in [1.82, 2.24) is 5.32 Å². The van der Waals surface area contributed by atoms with Crippen LogP contribution in [0, 0.1) is 0 Å². The molecule has 0 fully saturated rings. The van der Waals surface area contributed by atoms with Gasteiger partial charge in [-0.05, 0) is 44.0 Å². The topological polar surface area (TPSA) is 21.3 Å². The Balaban J connectivity index is 2.39. The molecular formula is C15H25NO. The largest absolute Gasteiger partial charge is 0.489 e. The van der Waals surface area contributed by atoms with Crippen molar-refractivity contribution in [1.29, 1.82) is 0 Å². The molecule has 2 nitrogen and oxygen atoms in total. The van der Waals surface area contributed by atoms with Gasteiger partial charge in [0.1, 0.15) is 11.9 Å². The van der Waals surface area contributed by atoms with Crippen LogP contribution in [0.25, 0.3) is 0 Å². The maximum atomic E-state index is 5.81. The number of hydrogen-bond acceptors (Lipinski definition) is 2. The first-order valence-corrected chi connectivity index (χ1v) is 6.72. The number of ether oxygens (including phenoxy) is 1. The van der Waals surface area contributed by atoms with Crippen molar-refractivity contribution >= 4 is 0 Å². The number of likely N-dealkylation sites (N-methyl/N-ethyl adjacent to an activating group) is 1. The smallest absolute Gasteiger partial charge is 0.119 e. The van der Waals surface area contributed by atoms with Crippen molar-refractivity contribution in [3.8, 4) is 5.75 Å². The van der Waals surface area contributed by atoms with Crippen LogP contribution in [0.2, 0.25) is 0 Å². The molecule has 0 bridgehead atoms. The Morgan fingerprint density at radius 1 is 1.18 bits per heavy atom. The van der Waals surface area contributed by atoms with E-state index in [1.807, 2.05) is 0 Å². The van der Waals surface area contributed by atoms with E-state index in [1.165, 1.54) is 24.8 Å². The van der Waals surface area contributed by atoms with Gasteiger partial charge in [0.25, 0.3) is 0 Å². The molecule has 0 heterocycles. The molecule has 2 heteroatoms. The Morgan fingerprint density at radius 2 is 1.88 bits per heavy atom. The molecule has 96 valence electrons. The van der Waals surface area contributed by atoms with Gasteiger partial charge in [0, 0.05) is 6.54 Å². The van der Waals surface area contributed by atoms with Gasteiger partial charge in [-0.3, -0.25) is 0 Å². The second-order valence-electron chi connectivity index (χ2n) is 4.48. The summed E-state index contributed by atoms with van der Waals surface area (Å²) in [6.07, 6.45) is 3.90. The number of unbranched alkanes of at least 4 members (excludes halogenated alkanes) is 1. The van der Waals surface area contributed by atoms with Gasteiger partial charge in [0.2, 0.25) is 0 Å². The second kappa shape index (κ2) is 8.13. The molecule has 0 saturated carbocycles. The van der Waals surface area contributed by atoms with E-state index in [0.717, 1.165) is 18.8 Å². The fraction of sp³-hybridized carbons (Fsp3) is 0.600. The van der Waals surface area contributed by atoms with Gasteiger partial charge in [0.15, 0.2) is 0 Å². The summed E-state index contributed by atoms with van der Waals surface area (Å²) in [6, 6.07) is 8.50. The minimum Gasteiger partial charge on any atom is -0.489 e. The fourth-order valence-corrected chi connectivity index (χ4v) is 1.74. The third-order valence-electron chi connectivity index (χ3n) is 2.76. The first kappa shape index (κ1) is 14.0. The van der Waals surface area contributed by atoms with Gasteiger partial charge >= 0.3 is 0 Å². The van der Waals surface area contributed by atoms with E-state index >= 15 is 0 Å². The quantitative estimate of drug-likeness (QED) is 0.745. The Labute approximate surface area is 105 Å². The summed E-state index contributed by atoms with van der Waals surface area (Å²) < 4.78 is 5.81. The van der Waals surface area contributed by atoms with Gasteiger partial charge in [-0.1, -0.05) is 32.4 Å². The van der Waals surface area contributed by atoms with Crippen LogP contribution in [-0.4, -0.2) is 19.2 Å². The van der Waals surface area contributed by atoms with E-state index in [2.05, 4.69) is 50.4 Å². The number of rotatable bonds is 8. The highest BCUT2D eigenvalue weighted by atomic mass is 16.5. The van der Waals surface area contributed by atoms with Gasteiger partial charge in [-0.2, -0.15) is 0 Å². The first-order chi connectivity index (χ1) is 8.26. The lowest BCUT2D eigenvalue weighted by atomic mass is 10.1. The van der Waals surface area contributed by atoms with Crippen LogP contribution in [0.3, 0.4) is 0 Å². The summed E-state index contributed by atoms with van der Waals surface area (Å²) in [5.74, 6) is 0.968. The molecule has 0 spiro atoms. The van der Waals surface area contributed by atoms with Crippen LogP contribution >= 0.6 is 0 Å². The molecule has 0 aliphatic carbocycles. The van der Waals surface area contributed by atoms with Crippen LogP contribution < -0.4 is 10.1 Å². The molecule has 1 aromatic rings. The Morgan fingerprint density at radius 3 is 2.47 bits per heavy atom. The Bertz CT molecular complexity index is 294. The molecule has 1 unspecified atom stereocenters. The number of hydrogen-bond donors (Lipinski definition) is 1. The van der Waals surface area contributed by atoms with Gasteiger partial charge in [0.05, 0.1) is 0 Å².